The summed E-state index contributed by atoms with van der Waals surface area (Å²) in [5, 5.41) is 4.74. The Bertz CT molecular complexity index is 669. The van der Waals surface area contributed by atoms with Crippen LogP contribution in [-0.4, -0.2) is 16.5 Å². The molecular weight excluding hydrogens is 286 g/mol. The summed E-state index contributed by atoms with van der Waals surface area (Å²) in [6, 6.07) is 8.64. The minimum absolute atomic E-state index is 0.313. The van der Waals surface area contributed by atoms with Crippen LogP contribution in [0.1, 0.15) is 28.5 Å². The van der Waals surface area contributed by atoms with Crippen molar-refractivity contribution >= 4 is 32.9 Å². The Hall–Kier alpha value is -1.30. The number of aromatic nitrogens is 2. The Morgan fingerprint density at radius 3 is 2.85 bits per heavy atom. The molecule has 0 amide bonds. The van der Waals surface area contributed by atoms with Crippen LogP contribution in [-0.2, 0) is 6.42 Å². The molecule has 1 N–H and O–H groups in total. The first-order valence-corrected chi connectivity index (χ1v) is 8.45. The Morgan fingerprint density at radius 1 is 1.30 bits per heavy atom. The second-order valence-corrected chi connectivity index (χ2v) is 6.69. The number of fused-ring (bicyclic) bond motifs is 1. The summed E-state index contributed by atoms with van der Waals surface area (Å²) in [6.45, 7) is 5.17. The molecule has 2 heterocycles. The van der Waals surface area contributed by atoms with Gasteiger partial charge in [-0.05, 0) is 25.6 Å². The number of hydrogen-bond acceptors (Lipinski definition) is 5. The molecule has 3 rings (SSSR count). The maximum absolute atomic E-state index is 4.74. The summed E-state index contributed by atoms with van der Waals surface area (Å²) in [6.07, 6.45) is 0.927. The zero-order valence-corrected chi connectivity index (χ0v) is 13.2. The van der Waals surface area contributed by atoms with Crippen molar-refractivity contribution in [2.24, 2.45) is 0 Å². The smallest absolute Gasteiger partial charge is 0.0957 e. The van der Waals surface area contributed by atoms with Gasteiger partial charge in [-0.1, -0.05) is 19.1 Å². The predicted molar refractivity (Wildman–Crippen MR) is 86.6 cm³/mol. The monoisotopic (exact) mass is 303 g/mol. The molecular formula is C15H17N3S2. The van der Waals surface area contributed by atoms with Gasteiger partial charge in [0.2, 0.25) is 0 Å². The van der Waals surface area contributed by atoms with E-state index < -0.39 is 0 Å². The molecule has 104 valence electrons. The molecule has 2 aromatic heterocycles. The molecule has 0 fully saturated rings. The number of thiazole rings is 2. The first-order chi connectivity index (χ1) is 9.78. The van der Waals surface area contributed by atoms with Gasteiger partial charge >= 0.3 is 0 Å². The second-order valence-electron chi connectivity index (χ2n) is 4.69. The zero-order chi connectivity index (χ0) is 13.9. The lowest BCUT2D eigenvalue weighted by Gasteiger charge is -2.15. The van der Waals surface area contributed by atoms with Gasteiger partial charge in [-0.25, -0.2) is 9.97 Å². The summed E-state index contributed by atoms with van der Waals surface area (Å²) in [5.41, 5.74) is 4.15. The number of benzene rings is 1. The number of likely N-dealkylation sites (N-methyl/N-ethyl adjacent to an activating group) is 1. The summed E-state index contributed by atoms with van der Waals surface area (Å²) in [7, 11) is 0. The van der Waals surface area contributed by atoms with Crippen molar-refractivity contribution in [3.63, 3.8) is 0 Å². The largest absolute Gasteiger partial charge is 0.309 e. The van der Waals surface area contributed by atoms with E-state index in [4.69, 9.17) is 4.98 Å². The van der Waals surface area contributed by atoms with Gasteiger partial charge in [0, 0.05) is 17.3 Å². The van der Waals surface area contributed by atoms with Gasteiger partial charge in [-0.3, -0.25) is 0 Å². The van der Waals surface area contributed by atoms with E-state index >= 15 is 0 Å². The molecule has 0 aliphatic carbocycles. The van der Waals surface area contributed by atoms with Gasteiger partial charge in [0.1, 0.15) is 0 Å². The lowest BCUT2D eigenvalue weighted by atomic mass is 10.1. The number of para-hydroxylation sites is 1. The predicted octanol–water partition coefficient (Wildman–Crippen LogP) is 3.95. The second kappa shape index (κ2) is 5.99. The Morgan fingerprint density at radius 2 is 2.15 bits per heavy atom. The summed E-state index contributed by atoms with van der Waals surface area (Å²) in [5.74, 6) is 0. The van der Waals surface area contributed by atoms with Crippen molar-refractivity contribution in [3.8, 4) is 0 Å². The Kier molecular flexibility index (Phi) is 4.10. The lowest BCUT2D eigenvalue weighted by Crippen LogP contribution is -2.22. The molecule has 0 spiro atoms. The molecule has 0 saturated heterocycles. The van der Waals surface area contributed by atoms with Crippen LogP contribution in [0.2, 0.25) is 0 Å². The van der Waals surface area contributed by atoms with E-state index in [-0.39, 0.29) is 0 Å². The fraction of sp³-hybridized carbons (Fsp3) is 0.333. The number of hydrogen-bond donors (Lipinski definition) is 1. The van der Waals surface area contributed by atoms with Crippen molar-refractivity contribution in [3.05, 3.63) is 45.4 Å². The fourth-order valence-corrected chi connectivity index (χ4v) is 4.22. The SMILES string of the molecule is CCNC(Cc1nc2ccccc2s1)c1scnc1C. The third-order valence-corrected chi connectivity index (χ3v) is 5.37. The molecule has 3 aromatic rings. The molecule has 20 heavy (non-hydrogen) atoms. The number of nitrogens with one attached hydrogen (secondary N) is 1. The topological polar surface area (TPSA) is 37.8 Å². The lowest BCUT2D eigenvalue weighted by molar-refractivity contribution is 0.554. The van der Waals surface area contributed by atoms with Crippen molar-refractivity contribution < 1.29 is 0 Å². The minimum Gasteiger partial charge on any atom is -0.309 e. The van der Waals surface area contributed by atoms with Gasteiger partial charge < -0.3 is 5.32 Å². The highest BCUT2D eigenvalue weighted by Crippen LogP contribution is 2.29. The molecule has 0 bridgehead atoms. The van der Waals surface area contributed by atoms with Crippen LogP contribution < -0.4 is 5.32 Å². The van der Waals surface area contributed by atoms with E-state index in [0.717, 1.165) is 24.2 Å². The highest BCUT2D eigenvalue weighted by molar-refractivity contribution is 7.18. The van der Waals surface area contributed by atoms with Gasteiger partial charge in [0.25, 0.3) is 0 Å². The van der Waals surface area contributed by atoms with Crippen LogP contribution >= 0.6 is 22.7 Å². The average molecular weight is 303 g/mol. The summed E-state index contributed by atoms with van der Waals surface area (Å²) >= 11 is 3.51. The summed E-state index contributed by atoms with van der Waals surface area (Å²) < 4.78 is 1.26. The van der Waals surface area contributed by atoms with E-state index in [1.165, 1.54) is 14.6 Å². The molecule has 0 aliphatic heterocycles. The molecule has 0 aliphatic rings. The quantitative estimate of drug-likeness (QED) is 0.775. The van der Waals surface area contributed by atoms with Crippen LogP contribution in [0.3, 0.4) is 0 Å². The van der Waals surface area contributed by atoms with E-state index in [2.05, 4.69) is 42.3 Å². The van der Waals surface area contributed by atoms with Gasteiger partial charge in [-0.2, -0.15) is 0 Å². The maximum Gasteiger partial charge on any atom is 0.0957 e. The van der Waals surface area contributed by atoms with E-state index in [1.807, 2.05) is 11.6 Å². The third kappa shape index (κ3) is 2.75. The van der Waals surface area contributed by atoms with E-state index in [9.17, 15) is 0 Å². The first-order valence-electron chi connectivity index (χ1n) is 6.75. The highest BCUT2D eigenvalue weighted by Gasteiger charge is 2.17. The van der Waals surface area contributed by atoms with Crippen LogP contribution in [0.5, 0.6) is 0 Å². The van der Waals surface area contributed by atoms with Crippen LogP contribution in [0.25, 0.3) is 10.2 Å². The van der Waals surface area contributed by atoms with Gasteiger partial charge in [0.15, 0.2) is 0 Å². The fourth-order valence-electron chi connectivity index (χ4n) is 2.33. The number of aryl methyl sites for hydroxylation is 1. The molecule has 1 atom stereocenters. The van der Waals surface area contributed by atoms with Gasteiger partial charge in [0.05, 0.1) is 26.4 Å². The Labute approximate surface area is 126 Å². The third-order valence-electron chi connectivity index (χ3n) is 3.27. The number of rotatable bonds is 5. The number of nitrogens with zero attached hydrogens (tertiary/aromatic N) is 2. The van der Waals surface area contributed by atoms with Crippen molar-refractivity contribution in [1.82, 2.24) is 15.3 Å². The van der Waals surface area contributed by atoms with Crippen LogP contribution in [0, 0.1) is 6.92 Å². The average Bonchev–Trinajstić information content (AvgIpc) is 3.03. The molecule has 3 nitrogen and oxygen atoms in total. The highest BCUT2D eigenvalue weighted by atomic mass is 32.1. The molecule has 0 radical (unpaired) electrons. The molecule has 0 saturated carbocycles. The normalized spacial score (nSPS) is 12.9. The van der Waals surface area contributed by atoms with Crippen molar-refractivity contribution in [2.75, 3.05) is 6.54 Å². The standard InChI is InChI=1S/C15H17N3S2/c1-3-16-12(15-10(2)17-9-19-15)8-14-18-11-6-4-5-7-13(11)20-14/h4-7,9,12,16H,3,8H2,1-2H3. The minimum atomic E-state index is 0.313. The molecule has 1 aromatic carbocycles. The van der Waals surface area contributed by atoms with Crippen molar-refractivity contribution in [1.29, 1.82) is 0 Å². The van der Waals surface area contributed by atoms with E-state index in [0.29, 0.717) is 6.04 Å². The summed E-state index contributed by atoms with van der Waals surface area (Å²) in [4.78, 5) is 10.4. The van der Waals surface area contributed by atoms with Crippen LogP contribution in [0.4, 0.5) is 0 Å². The van der Waals surface area contributed by atoms with Crippen molar-refractivity contribution in [2.45, 2.75) is 26.3 Å². The molecule has 5 heteroatoms. The van der Waals surface area contributed by atoms with E-state index in [1.54, 1.807) is 22.7 Å². The molecule has 1 unspecified atom stereocenters. The zero-order valence-electron chi connectivity index (χ0n) is 11.6. The van der Waals surface area contributed by atoms with Crippen LogP contribution in [0.15, 0.2) is 29.8 Å². The Balaban J connectivity index is 1.88. The first kappa shape index (κ1) is 13.7. The maximum atomic E-state index is 4.74. The van der Waals surface area contributed by atoms with Gasteiger partial charge in [-0.15, -0.1) is 22.7 Å².